The number of carbonyl (C=O) groups is 1. The number of benzene rings is 3. The first-order valence-electron chi connectivity index (χ1n) is 11.7. The SMILES string of the molecule is CC(C)(C)CC(C)(C)c1cc(OCC(=O)O)cc(-n2nc3ccc(Sc4ccccc4)cc3n2)c1O. The highest BCUT2D eigenvalue weighted by atomic mass is 32.2. The number of hydrogen-bond acceptors (Lipinski definition) is 6. The van der Waals surface area contributed by atoms with Gasteiger partial charge >= 0.3 is 5.97 Å². The smallest absolute Gasteiger partial charge is 0.341 e. The molecule has 36 heavy (non-hydrogen) atoms. The molecule has 188 valence electrons. The zero-order chi connectivity index (χ0) is 26.1. The first-order valence-corrected chi connectivity index (χ1v) is 12.6. The molecule has 0 unspecified atom stereocenters. The maximum atomic E-state index is 11.4. The lowest BCUT2D eigenvalue weighted by Gasteiger charge is -2.34. The second-order valence-electron chi connectivity index (χ2n) is 10.7. The molecule has 7 nitrogen and oxygen atoms in total. The number of phenolic OH excluding ortho intramolecular Hbond substituents is 1. The molecule has 8 heteroatoms. The Labute approximate surface area is 215 Å². The van der Waals surface area contributed by atoms with E-state index in [1.54, 1.807) is 23.9 Å². The number of aromatic nitrogens is 3. The van der Waals surface area contributed by atoms with Gasteiger partial charge in [0.15, 0.2) is 6.61 Å². The lowest BCUT2D eigenvalue weighted by molar-refractivity contribution is -0.139. The molecule has 0 saturated heterocycles. The first kappa shape index (κ1) is 25.6. The van der Waals surface area contributed by atoms with Crippen LogP contribution >= 0.6 is 11.8 Å². The number of phenols is 1. The van der Waals surface area contributed by atoms with Crippen molar-refractivity contribution in [1.29, 1.82) is 0 Å². The molecular formula is C28H31N3O4S. The Balaban J connectivity index is 1.77. The van der Waals surface area contributed by atoms with Gasteiger partial charge in [0.05, 0.1) is 0 Å². The van der Waals surface area contributed by atoms with Crippen molar-refractivity contribution in [1.82, 2.24) is 15.0 Å². The van der Waals surface area contributed by atoms with E-state index in [1.165, 1.54) is 4.80 Å². The monoisotopic (exact) mass is 505 g/mol. The number of rotatable bonds is 8. The zero-order valence-electron chi connectivity index (χ0n) is 21.1. The van der Waals surface area contributed by atoms with Gasteiger partial charge in [0.25, 0.3) is 0 Å². The molecule has 0 fully saturated rings. The average molecular weight is 506 g/mol. The first-order chi connectivity index (χ1) is 16.9. The lowest BCUT2D eigenvalue weighted by Crippen LogP contribution is -2.25. The van der Waals surface area contributed by atoms with Crippen molar-refractivity contribution < 1.29 is 19.7 Å². The number of fused-ring (bicyclic) bond motifs is 1. The van der Waals surface area contributed by atoms with Crippen LogP contribution in [0.4, 0.5) is 0 Å². The predicted molar refractivity (Wildman–Crippen MR) is 141 cm³/mol. The van der Waals surface area contributed by atoms with Gasteiger partial charge in [-0.05, 0) is 53.6 Å². The summed E-state index contributed by atoms with van der Waals surface area (Å²) >= 11 is 1.63. The van der Waals surface area contributed by atoms with Gasteiger partial charge in [0.1, 0.15) is 28.2 Å². The Morgan fingerprint density at radius 2 is 1.64 bits per heavy atom. The fourth-order valence-corrected chi connectivity index (χ4v) is 5.47. The summed E-state index contributed by atoms with van der Waals surface area (Å²) in [6, 6.07) is 19.2. The number of ether oxygens (including phenoxy) is 1. The highest BCUT2D eigenvalue weighted by molar-refractivity contribution is 7.99. The van der Waals surface area contributed by atoms with Crippen molar-refractivity contribution >= 4 is 28.8 Å². The minimum absolute atomic E-state index is 0.000515. The fraction of sp³-hybridized carbons (Fsp3) is 0.321. The van der Waals surface area contributed by atoms with Gasteiger partial charge in [0.2, 0.25) is 0 Å². The Hall–Kier alpha value is -3.52. The van der Waals surface area contributed by atoms with Crippen molar-refractivity contribution in [2.75, 3.05) is 6.61 Å². The largest absolute Gasteiger partial charge is 0.505 e. The normalized spacial score (nSPS) is 12.1. The standard InChI is InChI=1S/C28H31N3O4S/c1-27(2,3)17-28(4,5)21-13-18(35-16-25(32)33)14-24(26(21)34)31-29-22-12-11-20(15-23(22)30-31)36-19-9-7-6-8-10-19/h6-15,34H,16-17H2,1-5H3,(H,32,33). The molecule has 0 bridgehead atoms. The highest BCUT2D eigenvalue weighted by Gasteiger charge is 2.32. The number of aromatic hydroxyl groups is 1. The fourth-order valence-electron chi connectivity index (χ4n) is 4.60. The number of carboxylic acids is 1. The molecule has 0 saturated carbocycles. The average Bonchev–Trinajstić information content (AvgIpc) is 3.20. The van der Waals surface area contributed by atoms with Crippen molar-refractivity contribution in [2.24, 2.45) is 5.41 Å². The van der Waals surface area contributed by atoms with Crippen molar-refractivity contribution in [3.8, 4) is 17.2 Å². The van der Waals surface area contributed by atoms with Crippen LogP contribution in [0.5, 0.6) is 11.5 Å². The van der Waals surface area contributed by atoms with E-state index >= 15 is 0 Å². The minimum atomic E-state index is -1.08. The van der Waals surface area contributed by atoms with Gasteiger partial charge in [-0.25, -0.2) is 4.79 Å². The number of hydrogen-bond donors (Lipinski definition) is 2. The van der Waals surface area contributed by atoms with Crippen LogP contribution in [0.1, 0.15) is 46.6 Å². The molecule has 4 rings (SSSR count). The second-order valence-corrected chi connectivity index (χ2v) is 11.8. The second kappa shape index (κ2) is 9.85. The predicted octanol–water partition coefficient (Wildman–Crippen LogP) is 6.45. The number of aliphatic carboxylic acids is 1. The number of nitrogens with zero attached hydrogens (tertiary/aromatic N) is 3. The molecule has 2 N–H and O–H groups in total. The number of carboxylic acid groups (broad SMARTS) is 1. The molecule has 3 aromatic carbocycles. The third kappa shape index (κ3) is 5.99. The van der Waals surface area contributed by atoms with Gasteiger partial charge < -0.3 is 14.9 Å². The topological polar surface area (TPSA) is 97.5 Å². The minimum Gasteiger partial charge on any atom is -0.505 e. The van der Waals surface area contributed by atoms with Crippen molar-refractivity contribution in [3.05, 3.63) is 66.2 Å². The molecule has 0 aliphatic rings. The van der Waals surface area contributed by atoms with E-state index in [-0.39, 0.29) is 11.2 Å². The maximum Gasteiger partial charge on any atom is 0.341 e. The molecule has 1 aromatic heterocycles. The van der Waals surface area contributed by atoms with E-state index < -0.39 is 18.0 Å². The zero-order valence-corrected chi connectivity index (χ0v) is 22.0. The van der Waals surface area contributed by atoms with Crippen LogP contribution in [0.15, 0.2) is 70.5 Å². The summed E-state index contributed by atoms with van der Waals surface area (Å²) in [6.45, 7) is 10.0. The molecule has 0 amide bonds. The van der Waals surface area contributed by atoms with Gasteiger partial charge in [-0.3, -0.25) is 0 Å². The summed E-state index contributed by atoms with van der Waals surface area (Å²) < 4.78 is 5.53. The summed E-state index contributed by atoms with van der Waals surface area (Å²) in [5.41, 5.74) is 1.92. The Morgan fingerprint density at radius 3 is 2.31 bits per heavy atom. The summed E-state index contributed by atoms with van der Waals surface area (Å²) in [5.74, 6) is -0.693. The molecule has 1 heterocycles. The highest BCUT2D eigenvalue weighted by Crippen LogP contribution is 2.44. The van der Waals surface area contributed by atoms with Crippen LogP contribution in [-0.2, 0) is 10.2 Å². The lowest BCUT2D eigenvalue weighted by atomic mass is 9.72. The van der Waals surface area contributed by atoms with Crippen LogP contribution in [-0.4, -0.2) is 37.8 Å². The van der Waals surface area contributed by atoms with Gasteiger partial charge in [-0.15, -0.1) is 15.0 Å². The third-order valence-corrected chi connectivity index (χ3v) is 6.67. The van der Waals surface area contributed by atoms with E-state index in [1.807, 2.05) is 48.5 Å². The third-order valence-electron chi connectivity index (χ3n) is 5.67. The van der Waals surface area contributed by atoms with Gasteiger partial charge in [-0.1, -0.05) is 64.6 Å². The molecule has 0 aliphatic heterocycles. The van der Waals surface area contributed by atoms with Crippen LogP contribution in [0, 0.1) is 5.41 Å². The van der Waals surface area contributed by atoms with Crippen molar-refractivity contribution in [3.63, 3.8) is 0 Å². The van der Waals surface area contributed by atoms with E-state index in [0.717, 1.165) is 16.2 Å². The summed E-state index contributed by atoms with van der Waals surface area (Å²) in [6.07, 6.45) is 0.782. The van der Waals surface area contributed by atoms with E-state index in [9.17, 15) is 9.90 Å². The van der Waals surface area contributed by atoms with Crippen LogP contribution < -0.4 is 4.74 Å². The maximum absolute atomic E-state index is 11.4. The van der Waals surface area contributed by atoms with Crippen LogP contribution in [0.25, 0.3) is 16.7 Å². The van der Waals surface area contributed by atoms with E-state index in [4.69, 9.17) is 9.84 Å². The summed E-state index contributed by atoms with van der Waals surface area (Å²) in [4.78, 5) is 14.7. The Morgan fingerprint density at radius 1 is 0.944 bits per heavy atom. The summed E-state index contributed by atoms with van der Waals surface area (Å²) in [5, 5.41) is 29.7. The Bertz CT molecular complexity index is 1390. The molecule has 0 spiro atoms. The van der Waals surface area contributed by atoms with E-state index in [2.05, 4.69) is 44.8 Å². The Kier molecular flexibility index (Phi) is 7.00. The van der Waals surface area contributed by atoms with Gasteiger partial charge in [-0.2, -0.15) is 0 Å². The summed E-state index contributed by atoms with van der Waals surface area (Å²) in [7, 11) is 0. The molecular weight excluding hydrogens is 474 g/mol. The molecule has 4 aromatic rings. The quantitative estimate of drug-likeness (QED) is 0.284. The molecule has 0 radical (unpaired) electrons. The van der Waals surface area contributed by atoms with Crippen LogP contribution in [0.3, 0.4) is 0 Å². The van der Waals surface area contributed by atoms with E-state index in [0.29, 0.717) is 28.0 Å². The van der Waals surface area contributed by atoms with Crippen molar-refractivity contribution in [2.45, 2.75) is 56.2 Å². The van der Waals surface area contributed by atoms with Crippen LogP contribution in [0.2, 0.25) is 0 Å². The molecule has 0 aliphatic carbocycles. The van der Waals surface area contributed by atoms with Gasteiger partial charge in [0, 0.05) is 21.4 Å². The molecule has 0 atom stereocenters.